The fraction of sp³-hybridized carbons (Fsp3) is 0.0909. The van der Waals surface area contributed by atoms with Crippen LogP contribution in [0, 0.1) is 10.1 Å². The standard InChI is InChI=1S/C22H15BrN2O6S/c1-30-18-8-6-15(25(28)29)10-17(18)19-9-7-16(31-19)11-20-21(26)24(22(27)32-20)12-13-2-4-14(23)5-3-13/h2-11H,12H2,1H3/b20-11-. The summed E-state index contributed by atoms with van der Waals surface area (Å²) in [5.74, 6) is 0.675. The van der Waals surface area contributed by atoms with Gasteiger partial charge in [-0.05, 0) is 47.7 Å². The molecule has 2 heterocycles. The van der Waals surface area contributed by atoms with Crippen molar-refractivity contribution in [3.8, 4) is 17.1 Å². The summed E-state index contributed by atoms with van der Waals surface area (Å²) in [5, 5.41) is 10.7. The van der Waals surface area contributed by atoms with E-state index in [1.165, 1.54) is 36.3 Å². The minimum atomic E-state index is -0.506. The van der Waals surface area contributed by atoms with Crippen molar-refractivity contribution < 1.29 is 23.7 Å². The molecule has 0 atom stereocenters. The van der Waals surface area contributed by atoms with Crippen LogP contribution in [0.15, 0.2) is 68.4 Å². The van der Waals surface area contributed by atoms with Crippen LogP contribution in [0.1, 0.15) is 11.3 Å². The molecule has 0 unspecified atom stereocenters. The highest BCUT2D eigenvalue weighted by Crippen LogP contribution is 2.37. The molecule has 1 aliphatic heterocycles. The highest BCUT2D eigenvalue weighted by Gasteiger charge is 2.35. The van der Waals surface area contributed by atoms with Crippen molar-refractivity contribution in [2.75, 3.05) is 7.11 Å². The number of furan rings is 1. The molecule has 0 bridgehead atoms. The van der Waals surface area contributed by atoms with Gasteiger partial charge < -0.3 is 9.15 Å². The molecule has 3 aromatic rings. The maximum absolute atomic E-state index is 12.8. The molecule has 0 N–H and O–H groups in total. The predicted octanol–water partition coefficient (Wildman–Crippen LogP) is 5.86. The van der Waals surface area contributed by atoms with Gasteiger partial charge in [-0.1, -0.05) is 28.1 Å². The minimum Gasteiger partial charge on any atom is -0.496 e. The van der Waals surface area contributed by atoms with E-state index in [0.29, 0.717) is 22.8 Å². The molecule has 0 saturated carbocycles. The first kappa shape index (κ1) is 21.8. The predicted molar refractivity (Wildman–Crippen MR) is 123 cm³/mol. The number of hydrogen-bond donors (Lipinski definition) is 0. The first-order chi connectivity index (χ1) is 15.4. The number of nitro groups is 1. The second-order valence-electron chi connectivity index (χ2n) is 6.74. The number of benzene rings is 2. The summed E-state index contributed by atoms with van der Waals surface area (Å²) in [4.78, 5) is 37.1. The van der Waals surface area contributed by atoms with Crippen LogP contribution in [-0.4, -0.2) is 28.1 Å². The number of imide groups is 1. The summed E-state index contributed by atoms with van der Waals surface area (Å²) in [6.45, 7) is 0.170. The van der Waals surface area contributed by atoms with Crippen molar-refractivity contribution in [1.29, 1.82) is 0 Å². The van der Waals surface area contributed by atoms with Gasteiger partial charge in [-0.2, -0.15) is 0 Å². The topological polar surface area (TPSA) is 103 Å². The van der Waals surface area contributed by atoms with Crippen molar-refractivity contribution in [1.82, 2.24) is 4.90 Å². The lowest BCUT2D eigenvalue weighted by Crippen LogP contribution is -2.27. The Morgan fingerprint density at radius 1 is 1.16 bits per heavy atom. The number of methoxy groups -OCH3 is 1. The minimum absolute atomic E-state index is 0.104. The SMILES string of the molecule is COc1ccc([N+](=O)[O-])cc1-c1ccc(/C=C2\SC(=O)N(Cc3ccc(Br)cc3)C2=O)o1. The lowest BCUT2D eigenvalue weighted by molar-refractivity contribution is -0.384. The molecule has 10 heteroatoms. The van der Waals surface area contributed by atoms with E-state index in [-0.39, 0.29) is 22.4 Å². The monoisotopic (exact) mass is 514 g/mol. The van der Waals surface area contributed by atoms with Crippen molar-refractivity contribution in [2.45, 2.75) is 6.54 Å². The van der Waals surface area contributed by atoms with E-state index in [0.717, 1.165) is 21.8 Å². The molecule has 8 nitrogen and oxygen atoms in total. The molecule has 162 valence electrons. The van der Waals surface area contributed by atoms with Crippen molar-refractivity contribution >= 4 is 50.6 Å². The Labute approximate surface area is 195 Å². The molecule has 32 heavy (non-hydrogen) atoms. The Hall–Kier alpha value is -3.37. The van der Waals surface area contributed by atoms with Crippen LogP contribution in [0.2, 0.25) is 0 Å². The van der Waals surface area contributed by atoms with Gasteiger partial charge in [-0.15, -0.1) is 0 Å². The van der Waals surface area contributed by atoms with Crippen LogP contribution in [0.4, 0.5) is 10.5 Å². The van der Waals surface area contributed by atoms with Crippen LogP contribution >= 0.6 is 27.7 Å². The average Bonchev–Trinajstić information content (AvgIpc) is 3.35. The molecule has 1 aliphatic rings. The lowest BCUT2D eigenvalue weighted by Gasteiger charge is -2.12. The van der Waals surface area contributed by atoms with Gasteiger partial charge in [-0.25, -0.2) is 0 Å². The quantitative estimate of drug-likeness (QED) is 0.230. The lowest BCUT2D eigenvalue weighted by atomic mass is 10.1. The highest BCUT2D eigenvalue weighted by molar-refractivity contribution is 9.10. The second kappa shape index (κ2) is 9.01. The average molecular weight is 515 g/mol. The third kappa shape index (κ3) is 4.46. The van der Waals surface area contributed by atoms with Gasteiger partial charge in [0.15, 0.2) is 0 Å². The Kier molecular flexibility index (Phi) is 6.15. The fourth-order valence-electron chi connectivity index (χ4n) is 3.12. The van der Waals surface area contributed by atoms with Gasteiger partial charge in [0.1, 0.15) is 17.3 Å². The van der Waals surface area contributed by atoms with Gasteiger partial charge in [0.2, 0.25) is 0 Å². The number of non-ortho nitro benzene ring substituents is 1. The molecule has 0 radical (unpaired) electrons. The van der Waals surface area contributed by atoms with Crippen LogP contribution in [0.5, 0.6) is 5.75 Å². The first-order valence-electron chi connectivity index (χ1n) is 9.28. The van der Waals surface area contributed by atoms with Crippen molar-refractivity contribution in [3.63, 3.8) is 0 Å². The smallest absolute Gasteiger partial charge is 0.293 e. The zero-order valence-corrected chi connectivity index (χ0v) is 19.0. The largest absolute Gasteiger partial charge is 0.496 e. The number of nitrogens with zero attached hydrogens (tertiary/aromatic N) is 2. The van der Waals surface area contributed by atoms with E-state index >= 15 is 0 Å². The molecule has 2 amide bonds. The number of carbonyl (C=O) groups excluding carboxylic acids is 2. The summed E-state index contributed by atoms with van der Waals surface area (Å²) in [6.07, 6.45) is 1.49. The number of nitro benzene ring substituents is 1. The maximum Gasteiger partial charge on any atom is 0.293 e. The van der Waals surface area contributed by atoms with E-state index in [4.69, 9.17) is 9.15 Å². The normalized spacial score (nSPS) is 14.9. The van der Waals surface area contributed by atoms with Crippen LogP contribution in [0.25, 0.3) is 17.4 Å². The molecule has 4 rings (SSSR count). The third-order valence-corrected chi connectivity index (χ3v) is 6.12. The molecular formula is C22H15BrN2O6S. The van der Waals surface area contributed by atoms with E-state index in [1.54, 1.807) is 12.1 Å². The number of ether oxygens (including phenoxy) is 1. The zero-order valence-electron chi connectivity index (χ0n) is 16.6. The number of halogens is 1. The molecule has 1 fully saturated rings. The Balaban J connectivity index is 1.58. The van der Waals surface area contributed by atoms with Gasteiger partial charge in [0.05, 0.1) is 29.0 Å². The third-order valence-electron chi connectivity index (χ3n) is 4.69. The summed E-state index contributed by atoms with van der Waals surface area (Å²) in [7, 11) is 1.45. The summed E-state index contributed by atoms with van der Waals surface area (Å²) < 4.78 is 12.0. The number of rotatable bonds is 6. The number of amides is 2. The van der Waals surface area contributed by atoms with Crippen LogP contribution in [0.3, 0.4) is 0 Å². The first-order valence-corrected chi connectivity index (χ1v) is 10.9. The zero-order chi connectivity index (χ0) is 22.8. The van der Waals surface area contributed by atoms with Gasteiger partial charge in [-0.3, -0.25) is 24.6 Å². The van der Waals surface area contributed by atoms with Gasteiger partial charge in [0.25, 0.3) is 16.8 Å². The molecule has 1 saturated heterocycles. The van der Waals surface area contributed by atoms with Gasteiger partial charge >= 0.3 is 0 Å². The second-order valence-corrected chi connectivity index (χ2v) is 8.65. The Morgan fingerprint density at radius 3 is 2.59 bits per heavy atom. The highest BCUT2D eigenvalue weighted by atomic mass is 79.9. The van der Waals surface area contributed by atoms with Crippen molar-refractivity contribution in [3.05, 3.63) is 85.4 Å². The summed E-state index contributed by atoms with van der Waals surface area (Å²) in [5.41, 5.74) is 1.13. The number of carbonyl (C=O) groups is 2. The van der Waals surface area contributed by atoms with E-state index in [9.17, 15) is 19.7 Å². The number of thioether (sulfide) groups is 1. The summed E-state index contributed by atoms with van der Waals surface area (Å²) >= 11 is 4.19. The summed E-state index contributed by atoms with van der Waals surface area (Å²) in [6, 6.07) is 14.8. The number of hydrogen-bond acceptors (Lipinski definition) is 7. The van der Waals surface area contributed by atoms with E-state index in [2.05, 4.69) is 15.9 Å². The molecule has 0 spiro atoms. The maximum atomic E-state index is 12.8. The molecule has 2 aromatic carbocycles. The Morgan fingerprint density at radius 2 is 1.91 bits per heavy atom. The molecule has 1 aromatic heterocycles. The van der Waals surface area contributed by atoms with Crippen LogP contribution < -0.4 is 4.74 Å². The van der Waals surface area contributed by atoms with Gasteiger partial charge in [0, 0.05) is 22.7 Å². The Bertz CT molecular complexity index is 1250. The van der Waals surface area contributed by atoms with E-state index < -0.39 is 10.8 Å². The van der Waals surface area contributed by atoms with E-state index in [1.807, 2.05) is 24.3 Å². The molecular weight excluding hydrogens is 500 g/mol. The fourth-order valence-corrected chi connectivity index (χ4v) is 4.20. The van der Waals surface area contributed by atoms with Crippen molar-refractivity contribution in [2.24, 2.45) is 0 Å². The van der Waals surface area contributed by atoms with Crippen LogP contribution in [-0.2, 0) is 11.3 Å². The molecule has 0 aliphatic carbocycles.